The van der Waals surface area contributed by atoms with Crippen LogP contribution < -0.4 is 16.0 Å². The van der Waals surface area contributed by atoms with Crippen LogP contribution >= 0.6 is 0 Å². The molecule has 3 rings (SSSR count). The Morgan fingerprint density at radius 1 is 1.15 bits per heavy atom. The number of amides is 2. The number of para-hydroxylation sites is 1. The monoisotopic (exact) mass is 372 g/mol. The van der Waals surface area contributed by atoms with Gasteiger partial charge in [-0.1, -0.05) is 18.2 Å². The van der Waals surface area contributed by atoms with Crippen molar-refractivity contribution >= 4 is 23.5 Å². The van der Waals surface area contributed by atoms with E-state index >= 15 is 0 Å². The highest BCUT2D eigenvalue weighted by molar-refractivity contribution is 5.89. The number of carbonyl (C=O) groups is 2. The lowest BCUT2D eigenvalue weighted by Crippen LogP contribution is -2.50. The fourth-order valence-electron chi connectivity index (χ4n) is 2.53. The molecule has 1 aliphatic heterocycles. The SMILES string of the molecule is CC(=O)O.NCc1cc(N2CCN(C(=O)Nc3ccccc3)CC2)ncn1. The second-order valence-electron chi connectivity index (χ2n) is 5.86. The van der Waals surface area contributed by atoms with Crippen molar-refractivity contribution in [3.63, 3.8) is 0 Å². The first-order chi connectivity index (χ1) is 13.0. The quantitative estimate of drug-likeness (QED) is 0.743. The minimum atomic E-state index is -0.833. The van der Waals surface area contributed by atoms with E-state index in [2.05, 4.69) is 20.2 Å². The highest BCUT2D eigenvalue weighted by Gasteiger charge is 2.22. The molecule has 0 radical (unpaired) electrons. The molecule has 1 aliphatic rings. The van der Waals surface area contributed by atoms with E-state index in [1.54, 1.807) is 0 Å². The summed E-state index contributed by atoms with van der Waals surface area (Å²) in [5.74, 6) is 0.0311. The van der Waals surface area contributed by atoms with Crippen molar-refractivity contribution in [2.45, 2.75) is 13.5 Å². The number of carbonyl (C=O) groups excluding carboxylic acids is 1. The second-order valence-corrected chi connectivity index (χ2v) is 5.86. The zero-order valence-electron chi connectivity index (χ0n) is 15.2. The van der Waals surface area contributed by atoms with Gasteiger partial charge < -0.3 is 26.0 Å². The van der Waals surface area contributed by atoms with Crippen molar-refractivity contribution in [1.29, 1.82) is 0 Å². The highest BCUT2D eigenvalue weighted by Crippen LogP contribution is 2.15. The molecule has 4 N–H and O–H groups in total. The number of hydrogen-bond donors (Lipinski definition) is 3. The molecule has 0 bridgehead atoms. The first-order valence-electron chi connectivity index (χ1n) is 8.56. The number of nitrogens with one attached hydrogen (secondary N) is 1. The molecule has 2 heterocycles. The molecular formula is C18H24N6O3. The van der Waals surface area contributed by atoms with Crippen LogP contribution in [0.5, 0.6) is 0 Å². The van der Waals surface area contributed by atoms with Gasteiger partial charge >= 0.3 is 6.03 Å². The third-order valence-corrected chi connectivity index (χ3v) is 3.83. The van der Waals surface area contributed by atoms with Gasteiger partial charge in [0.25, 0.3) is 5.97 Å². The lowest BCUT2D eigenvalue weighted by Gasteiger charge is -2.35. The van der Waals surface area contributed by atoms with Crippen LogP contribution in [0.25, 0.3) is 0 Å². The molecule has 0 saturated carbocycles. The Balaban J connectivity index is 0.000000596. The van der Waals surface area contributed by atoms with E-state index < -0.39 is 5.97 Å². The number of urea groups is 1. The minimum absolute atomic E-state index is 0.0683. The molecule has 2 amide bonds. The number of piperazine rings is 1. The molecule has 144 valence electrons. The van der Waals surface area contributed by atoms with Crippen molar-refractivity contribution in [3.05, 3.63) is 48.4 Å². The van der Waals surface area contributed by atoms with Crippen LogP contribution in [0.2, 0.25) is 0 Å². The highest BCUT2D eigenvalue weighted by atomic mass is 16.4. The largest absolute Gasteiger partial charge is 0.481 e. The fourth-order valence-corrected chi connectivity index (χ4v) is 2.53. The van der Waals surface area contributed by atoms with E-state index in [0.717, 1.165) is 37.2 Å². The van der Waals surface area contributed by atoms with Gasteiger partial charge in [0.2, 0.25) is 0 Å². The zero-order chi connectivity index (χ0) is 19.6. The zero-order valence-corrected chi connectivity index (χ0v) is 15.2. The molecule has 27 heavy (non-hydrogen) atoms. The van der Waals surface area contributed by atoms with Crippen molar-refractivity contribution in [1.82, 2.24) is 14.9 Å². The summed E-state index contributed by atoms with van der Waals surface area (Å²) in [6, 6.07) is 11.3. The average Bonchev–Trinajstić information content (AvgIpc) is 2.68. The number of aliphatic carboxylic acids is 1. The third kappa shape index (κ3) is 6.55. The van der Waals surface area contributed by atoms with Crippen LogP contribution in [-0.4, -0.2) is 58.2 Å². The lowest BCUT2D eigenvalue weighted by molar-refractivity contribution is -0.134. The van der Waals surface area contributed by atoms with Crippen LogP contribution in [0.3, 0.4) is 0 Å². The van der Waals surface area contributed by atoms with Gasteiger partial charge in [-0.15, -0.1) is 0 Å². The van der Waals surface area contributed by atoms with Crippen LogP contribution in [-0.2, 0) is 11.3 Å². The number of nitrogens with zero attached hydrogens (tertiary/aromatic N) is 4. The van der Waals surface area contributed by atoms with Crippen LogP contribution in [0.15, 0.2) is 42.7 Å². The Morgan fingerprint density at radius 3 is 2.37 bits per heavy atom. The van der Waals surface area contributed by atoms with Gasteiger partial charge in [-0.2, -0.15) is 0 Å². The molecule has 0 unspecified atom stereocenters. The Kier molecular flexibility index (Phi) is 7.50. The number of benzene rings is 1. The first kappa shape index (κ1) is 20.1. The van der Waals surface area contributed by atoms with Crippen LogP contribution in [0.1, 0.15) is 12.6 Å². The number of aromatic nitrogens is 2. The van der Waals surface area contributed by atoms with Gasteiger partial charge in [0.1, 0.15) is 12.1 Å². The number of carboxylic acid groups (broad SMARTS) is 1. The van der Waals surface area contributed by atoms with Crippen LogP contribution in [0, 0.1) is 0 Å². The maximum absolute atomic E-state index is 12.3. The predicted octanol–water partition coefficient (Wildman–Crippen LogP) is 1.38. The van der Waals surface area contributed by atoms with E-state index in [1.807, 2.05) is 41.3 Å². The van der Waals surface area contributed by atoms with Crippen molar-refractivity contribution in [2.75, 3.05) is 36.4 Å². The lowest BCUT2D eigenvalue weighted by atomic mass is 10.3. The Bertz CT molecular complexity index is 744. The van der Waals surface area contributed by atoms with Crippen LogP contribution in [0.4, 0.5) is 16.3 Å². The number of anilines is 2. The van der Waals surface area contributed by atoms with Gasteiger partial charge in [-0.3, -0.25) is 4.79 Å². The van der Waals surface area contributed by atoms with Crippen molar-refractivity contribution < 1.29 is 14.7 Å². The van der Waals surface area contributed by atoms with Gasteiger partial charge in [0.15, 0.2) is 0 Å². The molecular weight excluding hydrogens is 348 g/mol. The summed E-state index contributed by atoms with van der Waals surface area (Å²) in [5.41, 5.74) is 7.24. The van der Waals surface area contributed by atoms with E-state index in [-0.39, 0.29) is 6.03 Å². The Labute approximate surface area is 157 Å². The molecule has 1 aromatic carbocycles. The maximum Gasteiger partial charge on any atom is 0.321 e. The topological polar surface area (TPSA) is 125 Å². The summed E-state index contributed by atoms with van der Waals surface area (Å²) in [5, 5.41) is 10.3. The van der Waals surface area contributed by atoms with E-state index in [0.29, 0.717) is 19.6 Å². The van der Waals surface area contributed by atoms with Gasteiger partial charge in [-0.05, 0) is 12.1 Å². The molecule has 0 atom stereocenters. The number of carboxylic acids is 1. The Morgan fingerprint density at radius 2 is 1.78 bits per heavy atom. The van der Waals surface area contributed by atoms with E-state index in [9.17, 15) is 4.79 Å². The summed E-state index contributed by atoms with van der Waals surface area (Å²) in [7, 11) is 0. The number of rotatable bonds is 3. The van der Waals surface area contributed by atoms with Crippen molar-refractivity contribution in [2.24, 2.45) is 5.73 Å². The molecule has 0 spiro atoms. The third-order valence-electron chi connectivity index (χ3n) is 3.83. The van der Waals surface area contributed by atoms with Gasteiger partial charge in [0.05, 0.1) is 5.69 Å². The maximum atomic E-state index is 12.3. The molecule has 9 nitrogen and oxygen atoms in total. The average molecular weight is 372 g/mol. The van der Waals surface area contributed by atoms with E-state index in [4.69, 9.17) is 15.6 Å². The van der Waals surface area contributed by atoms with Gasteiger partial charge in [0, 0.05) is 51.4 Å². The molecule has 9 heteroatoms. The summed E-state index contributed by atoms with van der Waals surface area (Å²) in [6.07, 6.45) is 1.53. The van der Waals surface area contributed by atoms with Crippen molar-refractivity contribution in [3.8, 4) is 0 Å². The first-order valence-corrected chi connectivity index (χ1v) is 8.56. The smallest absolute Gasteiger partial charge is 0.321 e. The number of hydrogen-bond acceptors (Lipinski definition) is 6. The number of nitrogens with two attached hydrogens (primary N) is 1. The molecule has 2 aromatic rings. The summed E-state index contributed by atoms with van der Waals surface area (Å²) < 4.78 is 0. The van der Waals surface area contributed by atoms with Gasteiger partial charge in [-0.25, -0.2) is 14.8 Å². The Hall–Kier alpha value is -3.20. The molecule has 1 aromatic heterocycles. The molecule has 1 saturated heterocycles. The predicted molar refractivity (Wildman–Crippen MR) is 102 cm³/mol. The van der Waals surface area contributed by atoms with E-state index in [1.165, 1.54) is 6.33 Å². The standard InChI is InChI=1S/C16H20N6O.C2H4O2/c17-11-14-10-15(19-12-18-14)21-6-8-22(9-7-21)16(23)20-13-4-2-1-3-5-13;1-2(3)4/h1-5,10,12H,6-9,11,17H2,(H,20,23);1H3,(H,3,4). The second kappa shape index (κ2) is 10.1. The minimum Gasteiger partial charge on any atom is -0.481 e. The molecule has 1 fully saturated rings. The summed E-state index contributed by atoms with van der Waals surface area (Å²) in [4.78, 5) is 33.6. The summed E-state index contributed by atoms with van der Waals surface area (Å²) >= 11 is 0. The normalized spacial score (nSPS) is 13.4. The summed E-state index contributed by atoms with van der Waals surface area (Å²) in [6.45, 7) is 4.27. The fraction of sp³-hybridized carbons (Fsp3) is 0.333. The molecule has 0 aliphatic carbocycles.